The molecule has 10 heteroatoms. The van der Waals surface area contributed by atoms with E-state index >= 15 is 0 Å². The minimum Gasteiger partial charge on any atom is -0.494 e. The number of hydrogen-bond donors (Lipinski definition) is 0. The summed E-state index contributed by atoms with van der Waals surface area (Å²) in [6, 6.07) is 18.4. The fraction of sp³-hybridized carbons (Fsp3) is 0.333. The van der Waals surface area contributed by atoms with Gasteiger partial charge in [0.2, 0.25) is 0 Å². The van der Waals surface area contributed by atoms with Crippen molar-refractivity contribution in [3.63, 3.8) is 0 Å². The van der Waals surface area contributed by atoms with Gasteiger partial charge in [-0.1, -0.05) is 25.3 Å². The first-order valence-corrected chi connectivity index (χ1v) is 16.4. The Kier molecular flexibility index (Phi) is 16.7. The van der Waals surface area contributed by atoms with Crippen LogP contribution in [-0.2, 0) is 19.1 Å². The van der Waals surface area contributed by atoms with Crippen LogP contribution in [0.3, 0.4) is 0 Å². The fourth-order valence-corrected chi connectivity index (χ4v) is 4.52. The van der Waals surface area contributed by atoms with Crippen molar-refractivity contribution in [3.8, 4) is 23.0 Å². The average Bonchev–Trinajstić information content (AvgIpc) is 3.11. The van der Waals surface area contributed by atoms with E-state index in [1.807, 2.05) is 0 Å². The zero-order valence-electron chi connectivity index (χ0n) is 28.0. The normalized spacial score (nSPS) is 10.4. The first-order valence-electron chi connectivity index (χ1n) is 16.4. The van der Waals surface area contributed by atoms with Gasteiger partial charge in [0.05, 0.1) is 32.0 Å². The van der Waals surface area contributed by atoms with Crippen LogP contribution in [0.25, 0.3) is 0 Å². The lowest BCUT2D eigenvalue weighted by atomic mass is 10.2. The molecule has 10 nitrogen and oxygen atoms in total. The molecule has 3 rings (SSSR count). The van der Waals surface area contributed by atoms with E-state index in [0.717, 1.165) is 63.5 Å². The highest BCUT2D eigenvalue weighted by Crippen LogP contribution is 2.27. The number of benzene rings is 3. The van der Waals surface area contributed by atoms with Gasteiger partial charge in [-0.2, -0.15) is 0 Å². The molecule has 0 atom stereocenters. The van der Waals surface area contributed by atoms with Gasteiger partial charge < -0.3 is 28.4 Å². The van der Waals surface area contributed by atoms with Crippen LogP contribution in [0.1, 0.15) is 77.6 Å². The number of carbonyl (C=O) groups excluding carboxylic acids is 4. The van der Waals surface area contributed by atoms with Crippen LogP contribution in [0.4, 0.5) is 0 Å². The first-order chi connectivity index (χ1) is 23.8. The minimum absolute atomic E-state index is 0.295. The smallest absolute Gasteiger partial charge is 0.347 e. The molecule has 0 aliphatic rings. The maximum Gasteiger partial charge on any atom is 0.347 e. The Labute approximate surface area is 287 Å². The third-order valence-corrected chi connectivity index (χ3v) is 7.18. The molecule has 0 radical (unpaired) electrons. The van der Waals surface area contributed by atoms with E-state index in [-0.39, 0.29) is 0 Å². The highest BCUT2D eigenvalue weighted by atomic mass is 16.5. The molecule has 0 saturated carbocycles. The number of unbranched alkanes of at least 4 members (excludes halogenated alkanes) is 6. The molecule has 0 heterocycles. The Balaban J connectivity index is 1.41. The van der Waals surface area contributed by atoms with E-state index in [1.54, 1.807) is 73.7 Å². The SMILES string of the molecule is C=CC(=O)OCCCCCCOc1ccc(C(=O)Oc2ccc(OC(=O)c3ccccc3OCCCCCCOC(=O)C=C)cc2C)cc1. The maximum atomic E-state index is 13.0. The van der Waals surface area contributed by atoms with Crippen molar-refractivity contribution in [2.45, 2.75) is 58.3 Å². The van der Waals surface area contributed by atoms with Gasteiger partial charge in [0.15, 0.2) is 0 Å². The van der Waals surface area contributed by atoms with Gasteiger partial charge in [0.25, 0.3) is 0 Å². The van der Waals surface area contributed by atoms with Crippen LogP contribution in [-0.4, -0.2) is 50.3 Å². The number of esters is 4. The highest BCUT2D eigenvalue weighted by molar-refractivity contribution is 5.94. The van der Waals surface area contributed by atoms with E-state index in [9.17, 15) is 19.2 Å². The van der Waals surface area contributed by atoms with Crippen LogP contribution in [0, 0.1) is 6.92 Å². The second-order valence-corrected chi connectivity index (χ2v) is 11.0. The Bertz CT molecular complexity index is 1540. The molecule has 49 heavy (non-hydrogen) atoms. The Hall–Kier alpha value is -5.38. The van der Waals surface area contributed by atoms with E-state index in [2.05, 4.69) is 13.2 Å². The number of carbonyl (C=O) groups is 4. The Morgan fingerprint density at radius 1 is 0.571 bits per heavy atom. The predicted molar refractivity (Wildman–Crippen MR) is 184 cm³/mol. The molecule has 0 unspecified atom stereocenters. The lowest BCUT2D eigenvalue weighted by Gasteiger charge is -2.12. The number of aryl methyl sites for hydroxylation is 1. The molecule has 0 saturated heterocycles. The van der Waals surface area contributed by atoms with Crippen LogP contribution >= 0.6 is 0 Å². The molecule has 0 N–H and O–H groups in total. The molecule has 260 valence electrons. The molecule has 0 amide bonds. The number of hydrogen-bond acceptors (Lipinski definition) is 10. The van der Waals surface area contributed by atoms with Crippen molar-refractivity contribution in [2.24, 2.45) is 0 Å². The van der Waals surface area contributed by atoms with Crippen molar-refractivity contribution in [1.29, 1.82) is 0 Å². The number of para-hydroxylation sites is 1. The molecule has 0 aliphatic carbocycles. The summed E-state index contributed by atoms with van der Waals surface area (Å²) in [7, 11) is 0. The zero-order chi connectivity index (χ0) is 35.3. The standard InChI is InChI=1S/C39H44O10/c1-4-36(40)46-26-14-8-6-12-24-44-31-20-18-30(19-21-31)38(42)49-34-23-22-32(28-29(34)3)48-39(43)33-16-10-11-17-35(33)45-25-13-7-9-15-27-47-37(41)5-2/h4-5,10-11,16-23,28H,1-2,6-9,12-15,24-27H2,3H3. The highest BCUT2D eigenvalue weighted by Gasteiger charge is 2.17. The topological polar surface area (TPSA) is 124 Å². The van der Waals surface area contributed by atoms with Crippen LogP contribution in [0.2, 0.25) is 0 Å². The van der Waals surface area contributed by atoms with E-state index < -0.39 is 23.9 Å². The maximum absolute atomic E-state index is 13.0. The Morgan fingerprint density at radius 2 is 1.12 bits per heavy atom. The van der Waals surface area contributed by atoms with Crippen LogP contribution in [0.5, 0.6) is 23.0 Å². The van der Waals surface area contributed by atoms with Gasteiger partial charge in [-0.05, 0) is 118 Å². The van der Waals surface area contributed by atoms with Crippen molar-refractivity contribution < 1.29 is 47.6 Å². The summed E-state index contributed by atoms with van der Waals surface area (Å²) in [6.07, 6.45) is 9.10. The third kappa shape index (κ3) is 14.1. The van der Waals surface area contributed by atoms with Crippen molar-refractivity contribution in [2.75, 3.05) is 26.4 Å². The van der Waals surface area contributed by atoms with E-state index in [1.165, 1.54) is 0 Å². The number of ether oxygens (including phenoxy) is 6. The fourth-order valence-electron chi connectivity index (χ4n) is 4.52. The van der Waals surface area contributed by atoms with Crippen LogP contribution < -0.4 is 18.9 Å². The molecule has 0 fully saturated rings. The lowest BCUT2D eigenvalue weighted by molar-refractivity contribution is -0.138. The second-order valence-electron chi connectivity index (χ2n) is 11.0. The summed E-state index contributed by atoms with van der Waals surface area (Å²) in [5.74, 6) is -0.224. The molecular formula is C39H44O10. The van der Waals surface area contributed by atoms with Gasteiger partial charge in [-0.3, -0.25) is 0 Å². The molecule has 0 aromatic heterocycles. The summed E-state index contributed by atoms with van der Waals surface area (Å²) in [6.45, 7) is 10.2. The van der Waals surface area contributed by atoms with Crippen molar-refractivity contribution >= 4 is 23.9 Å². The predicted octanol–water partition coefficient (Wildman–Crippen LogP) is 7.77. The summed E-state index contributed by atoms with van der Waals surface area (Å²) < 4.78 is 32.8. The van der Waals surface area contributed by atoms with Gasteiger partial charge >= 0.3 is 23.9 Å². The van der Waals surface area contributed by atoms with Gasteiger partial charge in [-0.25, -0.2) is 19.2 Å². The zero-order valence-corrected chi connectivity index (χ0v) is 28.0. The minimum atomic E-state index is -0.572. The Morgan fingerprint density at radius 3 is 1.71 bits per heavy atom. The lowest BCUT2D eigenvalue weighted by Crippen LogP contribution is -2.12. The number of rotatable bonds is 22. The monoisotopic (exact) mass is 672 g/mol. The first kappa shape index (κ1) is 38.1. The molecule has 0 bridgehead atoms. The second kappa shape index (κ2) is 21.5. The van der Waals surface area contributed by atoms with Crippen LogP contribution in [0.15, 0.2) is 92.0 Å². The largest absolute Gasteiger partial charge is 0.494 e. The molecule has 0 spiro atoms. The van der Waals surface area contributed by atoms with Crippen molar-refractivity contribution in [3.05, 3.63) is 109 Å². The third-order valence-electron chi connectivity index (χ3n) is 7.18. The van der Waals surface area contributed by atoms with Gasteiger partial charge in [0.1, 0.15) is 28.6 Å². The molecule has 3 aromatic rings. The average molecular weight is 673 g/mol. The van der Waals surface area contributed by atoms with Gasteiger partial charge in [0, 0.05) is 12.2 Å². The van der Waals surface area contributed by atoms with Gasteiger partial charge in [-0.15, -0.1) is 0 Å². The quantitative estimate of drug-likeness (QED) is 0.0453. The van der Waals surface area contributed by atoms with E-state index in [0.29, 0.717) is 66.1 Å². The molecule has 3 aromatic carbocycles. The summed E-state index contributed by atoms with van der Waals surface area (Å²) in [4.78, 5) is 47.9. The molecule has 0 aliphatic heterocycles. The van der Waals surface area contributed by atoms with E-state index in [4.69, 9.17) is 28.4 Å². The summed E-state index contributed by atoms with van der Waals surface area (Å²) >= 11 is 0. The van der Waals surface area contributed by atoms with Crippen molar-refractivity contribution in [1.82, 2.24) is 0 Å². The summed E-state index contributed by atoms with van der Waals surface area (Å²) in [5.41, 5.74) is 1.27. The summed E-state index contributed by atoms with van der Waals surface area (Å²) in [5, 5.41) is 0. The molecular weight excluding hydrogens is 628 g/mol.